The SMILES string of the molecule is CNC(C)C(C)(C)CN1CCC(C(C)(C)C)C1. The Balaban J connectivity index is 2.50. The molecule has 1 N–H and O–H groups in total. The third-order valence-electron chi connectivity index (χ3n) is 4.73. The van der Waals surface area contributed by atoms with E-state index < -0.39 is 0 Å². The van der Waals surface area contributed by atoms with Crippen LogP contribution < -0.4 is 5.32 Å². The lowest BCUT2D eigenvalue weighted by atomic mass is 9.80. The number of likely N-dealkylation sites (tertiary alicyclic amines) is 1. The monoisotopic (exact) mass is 240 g/mol. The average Bonchev–Trinajstić information content (AvgIpc) is 2.63. The van der Waals surface area contributed by atoms with E-state index in [9.17, 15) is 0 Å². The Kier molecular flexibility index (Phi) is 4.65. The van der Waals surface area contributed by atoms with Crippen LogP contribution in [0.15, 0.2) is 0 Å². The van der Waals surface area contributed by atoms with Crippen molar-refractivity contribution in [2.45, 2.75) is 54.0 Å². The van der Waals surface area contributed by atoms with Crippen molar-refractivity contribution in [3.05, 3.63) is 0 Å². The summed E-state index contributed by atoms with van der Waals surface area (Å²) in [4.78, 5) is 2.66. The van der Waals surface area contributed by atoms with Gasteiger partial charge in [-0.05, 0) is 43.7 Å². The molecule has 0 aromatic carbocycles. The van der Waals surface area contributed by atoms with Gasteiger partial charge in [0.1, 0.15) is 0 Å². The fraction of sp³-hybridized carbons (Fsp3) is 1.00. The molecule has 102 valence electrons. The number of rotatable bonds is 4. The Bertz CT molecular complexity index is 240. The van der Waals surface area contributed by atoms with E-state index in [1.807, 2.05) is 0 Å². The van der Waals surface area contributed by atoms with Gasteiger partial charge in [0, 0.05) is 19.1 Å². The molecule has 0 aromatic rings. The maximum atomic E-state index is 3.39. The van der Waals surface area contributed by atoms with Crippen molar-refractivity contribution in [3.8, 4) is 0 Å². The molecule has 2 nitrogen and oxygen atoms in total. The second kappa shape index (κ2) is 5.27. The predicted molar refractivity (Wildman–Crippen MR) is 76.3 cm³/mol. The van der Waals surface area contributed by atoms with Gasteiger partial charge in [-0.15, -0.1) is 0 Å². The maximum absolute atomic E-state index is 3.39. The molecule has 1 aliphatic heterocycles. The van der Waals surface area contributed by atoms with Gasteiger partial charge in [0.25, 0.3) is 0 Å². The molecule has 1 heterocycles. The van der Waals surface area contributed by atoms with Crippen molar-refractivity contribution in [3.63, 3.8) is 0 Å². The molecule has 0 amide bonds. The zero-order valence-electron chi connectivity index (χ0n) is 12.9. The van der Waals surface area contributed by atoms with E-state index in [-0.39, 0.29) is 0 Å². The summed E-state index contributed by atoms with van der Waals surface area (Å²) in [5.41, 5.74) is 0.815. The molecule has 0 aromatic heterocycles. The summed E-state index contributed by atoms with van der Waals surface area (Å²) in [6, 6.07) is 0.566. The van der Waals surface area contributed by atoms with Crippen LogP contribution in [-0.4, -0.2) is 37.6 Å². The van der Waals surface area contributed by atoms with Gasteiger partial charge in [0.15, 0.2) is 0 Å². The van der Waals surface area contributed by atoms with Crippen molar-refractivity contribution < 1.29 is 0 Å². The molecule has 1 fully saturated rings. The minimum Gasteiger partial charge on any atom is -0.317 e. The first-order valence-corrected chi connectivity index (χ1v) is 7.06. The Morgan fingerprint density at radius 1 is 1.24 bits per heavy atom. The molecule has 0 bridgehead atoms. The van der Waals surface area contributed by atoms with E-state index >= 15 is 0 Å². The highest BCUT2D eigenvalue weighted by molar-refractivity contribution is 4.89. The highest BCUT2D eigenvalue weighted by Gasteiger charge is 2.35. The van der Waals surface area contributed by atoms with Gasteiger partial charge in [-0.2, -0.15) is 0 Å². The van der Waals surface area contributed by atoms with Crippen molar-refractivity contribution in [1.29, 1.82) is 0 Å². The number of hydrogen-bond acceptors (Lipinski definition) is 2. The average molecular weight is 240 g/mol. The largest absolute Gasteiger partial charge is 0.317 e. The fourth-order valence-corrected chi connectivity index (χ4v) is 2.79. The third-order valence-corrected chi connectivity index (χ3v) is 4.73. The van der Waals surface area contributed by atoms with Gasteiger partial charge in [-0.1, -0.05) is 34.6 Å². The Labute approximate surface area is 108 Å². The zero-order chi connectivity index (χ0) is 13.3. The first kappa shape index (κ1) is 15.0. The van der Waals surface area contributed by atoms with Gasteiger partial charge in [-0.3, -0.25) is 0 Å². The van der Waals surface area contributed by atoms with Crippen LogP contribution in [0.3, 0.4) is 0 Å². The number of hydrogen-bond donors (Lipinski definition) is 1. The second-order valence-corrected chi connectivity index (χ2v) is 7.59. The lowest BCUT2D eigenvalue weighted by molar-refractivity contribution is 0.152. The molecular weight excluding hydrogens is 208 g/mol. The van der Waals surface area contributed by atoms with E-state index in [0.29, 0.717) is 16.9 Å². The first-order valence-electron chi connectivity index (χ1n) is 7.06. The smallest absolute Gasteiger partial charge is 0.00991 e. The lowest BCUT2D eigenvalue weighted by Crippen LogP contribution is -2.45. The molecule has 0 radical (unpaired) electrons. The normalized spacial score (nSPS) is 25.2. The number of nitrogens with zero attached hydrogens (tertiary/aromatic N) is 1. The molecule has 2 atom stereocenters. The zero-order valence-corrected chi connectivity index (χ0v) is 12.9. The van der Waals surface area contributed by atoms with Gasteiger partial charge >= 0.3 is 0 Å². The van der Waals surface area contributed by atoms with Crippen LogP contribution in [0.25, 0.3) is 0 Å². The van der Waals surface area contributed by atoms with Crippen LogP contribution in [-0.2, 0) is 0 Å². The molecule has 2 heteroatoms. The maximum Gasteiger partial charge on any atom is 0.00991 e. The fourth-order valence-electron chi connectivity index (χ4n) is 2.79. The highest BCUT2D eigenvalue weighted by Crippen LogP contribution is 2.35. The number of nitrogens with one attached hydrogen (secondary N) is 1. The van der Waals surface area contributed by atoms with Crippen LogP contribution in [0.4, 0.5) is 0 Å². The van der Waals surface area contributed by atoms with Crippen molar-refractivity contribution in [1.82, 2.24) is 10.2 Å². The summed E-state index contributed by atoms with van der Waals surface area (Å²) in [7, 11) is 2.06. The molecule has 0 aliphatic carbocycles. The Hall–Kier alpha value is -0.0800. The van der Waals surface area contributed by atoms with Crippen LogP contribution in [0, 0.1) is 16.7 Å². The molecule has 17 heavy (non-hydrogen) atoms. The minimum atomic E-state index is 0.349. The summed E-state index contributed by atoms with van der Waals surface area (Å²) in [6.07, 6.45) is 1.37. The van der Waals surface area contributed by atoms with E-state index in [1.54, 1.807) is 0 Å². The van der Waals surface area contributed by atoms with E-state index in [4.69, 9.17) is 0 Å². The molecular formula is C15H32N2. The molecule has 1 rings (SSSR count). The van der Waals surface area contributed by atoms with Crippen molar-refractivity contribution >= 4 is 0 Å². The summed E-state index contributed by atoms with van der Waals surface area (Å²) in [5, 5.41) is 3.39. The third kappa shape index (κ3) is 3.96. The summed E-state index contributed by atoms with van der Waals surface area (Å²) >= 11 is 0. The van der Waals surface area contributed by atoms with E-state index in [0.717, 1.165) is 5.92 Å². The lowest BCUT2D eigenvalue weighted by Gasteiger charge is -2.36. The highest BCUT2D eigenvalue weighted by atomic mass is 15.2. The van der Waals surface area contributed by atoms with Gasteiger partial charge in [0.2, 0.25) is 0 Å². The van der Waals surface area contributed by atoms with Gasteiger partial charge in [0.05, 0.1) is 0 Å². The Morgan fingerprint density at radius 2 is 1.82 bits per heavy atom. The van der Waals surface area contributed by atoms with Crippen molar-refractivity contribution in [2.75, 3.05) is 26.7 Å². The summed E-state index contributed by atoms with van der Waals surface area (Å²) in [6.45, 7) is 17.9. The summed E-state index contributed by atoms with van der Waals surface area (Å²) < 4.78 is 0. The molecule has 1 aliphatic rings. The van der Waals surface area contributed by atoms with E-state index in [1.165, 1.54) is 26.1 Å². The standard InChI is InChI=1S/C15H32N2/c1-12(16-7)15(5,6)11-17-9-8-13(10-17)14(2,3)4/h12-13,16H,8-11H2,1-7H3. The van der Waals surface area contributed by atoms with Crippen LogP contribution in [0.2, 0.25) is 0 Å². The van der Waals surface area contributed by atoms with E-state index in [2.05, 4.69) is 58.8 Å². The van der Waals surface area contributed by atoms with Crippen molar-refractivity contribution in [2.24, 2.45) is 16.7 Å². The van der Waals surface area contributed by atoms with Crippen LogP contribution in [0.1, 0.15) is 48.0 Å². The van der Waals surface area contributed by atoms with Gasteiger partial charge < -0.3 is 10.2 Å². The molecule has 0 spiro atoms. The predicted octanol–water partition coefficient (Wildman–Crippen LogP) is 2.99. The van der Waals surface area contributed by atoms with Crippen LogP contribution >= 0.6 is 0 Å². The molecule has 2 unspecified atom stereocenters. The quantitative estimate of drug-likeness (QED) is 0.812. The second-order valence-electron chi connectivity index (χ2n) is 7.59. The first-order chi connectivity index (χ1) is 7.66. The Morgan fingerprint density at radius 3 is 2.24 bits per heavy atom. The molecule has 1 saturated heterocycles. The van der Waals surface area contributed by atoms with Crippen LogP contribution in [0.5, 0.6) is 0 Å². The molecule has 0 saturated carbocycles. The summed E-state index contributed by atoms with van der Waals surface area (Å²) in [5.74, 6) is 0.864. The minimum absolute atomic E-state index is 0.349. The van der Waals surface area contributed by atoms with Gasteiger partial charge in [-0.25, -0.2) is 0 Å². The topological polar surface area (TPSA) is 15.3 Å².